The van der Waals surface area contributed by atoms with Gasteiger partial charge in [-0.2, -0.15) is 4.98 Å². The van der Waals surface area contributed by atoms with Crippen molar-refractivity contribution < 1.29 is 5.11 Å². The Balaban J connectivity index is 1.66. The van der Waals surface area contributed by atoms with Crippen LogP contribution in [0.3, 0.4) is 0 Å². The van der Waals surface area contributed by atoms with Crippen LogP contribution in [0.2, 0.25) is 0 Å². The first kappa shape index (κ1) is 17.7. The monoisotopic (exact) mass is 363 g/mol. The number of fused-ring (bicyclic) bond motifs is 1. The van der Waals surface area contributed by atoms with E-state index in [-0.39, 0.29) is 12.6 Å². The molecule has 6 nitrogen and oxygen atoms in total. The second-order valence-corrected chi connectivity index (χ2v) is 7.00. The number of aliphatic hydroxyl groups excluding tert-OH is 1. The number of hydrogen-bond acceptors (Lipinski definition) is 6. The minimum Gasteiger partial charge on any atom is -0.394 e. The first-order chi connectivity index (χ1) is 13.3. The van der Waals surface area contributed by atoms with Gasteiger partial charge >= 0.3 is 0 Å². The summed E-state index contributed by atoms with van der Waals surface area (Å²) in [6.45, 7) is 3.23. The van der Waals surface area contributed by atoms with E-state index in [2.05, 4.69) is 39.2 Å². The number of hydrogen-bond donors (Lipinski definition) is 2. The quantitative estimate of drug-likeness (QED) is 0.696. The zero-order chi connectivity index (χ0) is 18.6. The molecule has 1 fully saturated rings. The van der Waals surface area contributed by atoms with Gasteiger partial charge in [0, 0.05) is 23.7 Å². The van der Waals surface area contributed by atoms with E-state index in [9.17, 15) is 5.11 Å². The van der Waals surface area contributed by atoms with E-state index in [1.165, 1.54) is 0 Å². The fraction of sp³-hybridized carbons (Fsp3) is 0.381. The van der Waals surface area contributed by atoms with Gasteiger partial charge < -0.3 is 15.3 Å². The fourth-order valence-corrected chi connectivity index (χ4v) is 3.67. The van der Waals surface area contributed by atoms with Crippen molar-refractivity contribution in [2.45, 2.75) is 38.6 Å². The van der Waals surface area contributed by atoms with E-state index in [1.54, 1.807) is 0 Å². The lowest BCUT2D eigenvalue weighted by Crippen LogP contribution is -2.33. The first-order valence-electron chi connectivity index (χ1n) is 9.64. The predicted molar refractivity (Wildman–Crippen MR) is 109 cm³/mol. The summed E-state index contributed by atoms with van der Waals surface area (Å²) in [6.07, 6.45) is 5.82. The van der Waals surface area contributed by atoms with Crippen molar-refractivity contribution in [2.75, 3.05) is 23.4 Å². The molecule has 0 spiro atoms. The fourth-order valence-electron chi connectivity index (χ4n) is 3.67. The molecule has 0 unspecified atom stereocenters. The van der Waals surface area contributed by atoms with Gasteiger partial charge in [-0.3, -0.25) is 4.98 Å². The van der Waals surface area contributed by atoms with Crippen molar-refractivity contribution in [3.05, 3.63) is 48.3 Å². The Morgan fingerprint density at radius 3 is 2.96 bits per heavy atom. The number of aryl methyl sites for hydroxylation is 1. The zero-order valence-electron chi connectivity index (χ0n) is 15.6. The highest BCUT2D eigenvalue weighted by molar-refractivity contribution is 5.82. The van der Waals surface area contributed by atoms with Crippen molar-refractivity contribution in [2.24, 2.45) is 0 Å². The molecule has 3 heterocycles. The Morgan fingerprint density at radius 1 is 1.22 bits per heavy atom. The van der Waals surface area contributed by atoms with Crippen LogP contribution in [0.4, 0.5) is 17.5 Å². The average molecular weight is 363 g/mol. The number of aliphatic hydroxyl groups is 1. The summed E-state index contributed by atoms with van der Waals surface area (Å²) in [4.78, 5) is 16.1. The van der Waals surface area contributed by atoms with Crippen LogP contribution in [-0.2, 0) is 6.42 Å². The van der Waals surface area contributed by atoms with Crippen LogP contribution in [0.25, 0.3) is 10.9 Å². The number of aromatic nitrogens is 3. The Hall–Kier alpha value is -2.73. The third-order valence-electron chi connectivity index (χ3n) is 5.00. The van der Waals surface area contributed by atoms with E-state index >= 15 is 0 Å². The minimum atomic E-state index is 0.143. The lowest BCUT2D eigenvalue weighted by atomic mass is 10.2. The maximum atomic E-state index is 9.67. The van der Waals surface area contributed by atoms with Gasteiger partial charge in [0.05, 0.1) is 30.0 Å². The van der Waals surface area contributed by atoms with E-state index in [0.29, 0.717) is 5.95 Å². The maximum Gasteiger partial charge on any atom is 0.229 e. The van der Waals surface area contributed by atoms with Crippen LogP contribution in [0.15, 0.2) is 42.6 Å². The highest BCUT2D eigenvalue weighted by Gasteiger charge is 2.25. The second-order valence-electron chi connectivity index (χ2n) is 7.00. The van der Waals surface area contributed by atoms with Crippen LogP contribution in [0, 0.1) is 0 Å². The van der Waals surface area contributed by atoms with Gasteiger partial charge in [-0.15, -0.1) is 0 Å². The summed E-state index contributed by atoms with van der Waals surface area (Å²) in [5.74, 6) is 1.47. The molecule has 0 saturated carbocycles. The molecule has 6 heteroatoms. The molecule has 0 amide bonds. The molecular formula is C21H25N5O. The smallest absolute Gasteiger partial charge is 0.229 e. The van der Waals surface area contributed by atoms with Gasteiger partial charge in [0.15, 0.2) is 0 Å². The standard InChI is InChI=1S/C21H25N5O/c1-2-6-16-12-20(26-10-5-8-18(26)14-27)25-21(23-16)24-17-11-15-7-3-4-9-19(15)22-13-17/h3-4,7,9,11-13,18,27H,2,5-6,8,10,14H2,1H3,(H,23,24,25)/t18-/m0/s1. The third kappa shape index (κ3) is 3.85. The minimum absolute atomic E-state index is 0.143. The Labute approximate surface area is 159 Å². The summed E-state index contributed by atoms with van der Waals surface area (Å²) in [7, 11) is 0. The summed E-state index contributed by atoms with van der Waals surface area (Å²) in [5.41, 5.74) is 2.85. The highest BCUT2D eigenvalue weighted by Crippen LogP contribution is 2.26. The maximum absolute atomic E-state index is 9.67. The molecule has 0 bridgehead atoms. The molecule has 140 valence electrons. The number of rotatable bonds is 6. The summed E-state index contributed by atoms with van der Waals surface area (Å²) in [6, 6.07) is 12.3. The molecule has 2 N–H and O–H groups in total. The van der Waals surface area contributed by atoms with Crippen molar-refractivity contribution in [1.29, 1.82) is 0 Å². The van der Waals surface area contributed by atoms with E-state index in [1.807, 2.05) is 30.5 Å². The van der Waals surface area contributed by atoms with Crippen LogP contribution >= 0.6 is 0 Å². The molecular weight excluding hydrogens is 338 g/mol. The van der Waals surface area contributed by atoms with Crippen LogP contribution in [-0.4, -0.2) is 39.3 Å². The Bertz CT molecular complexity index is 929. The van der Waals surface area contributed by atoms with E-state index in [4.69, 9.17) is 4.98 Å². The molecule has 27 heavy (non-hydrogen) atoms. The molecule has 1 aromatic carbocycles. The third-order valence-corrected chi connectivity index (χ3v) is 5.00. The van der Waals surface area contributed by atoms with Crippen molar-refractivity contribution in [3.8, 4) is 0 Å². The number of nitrogens with one attached hydrogen (secondary N) is 1. The molecule has 1 aliphatic rings. The van der Waals surface area contributed by atoms with Gasteiger partial charge in [-0.1, -0.05) is 31.5 Å². The summed E-state index contributed by atoms with van der Waals surface area (Å²) >= 11 is 0. The predicted octanol–water partition coefficient (Wildman–Crippen LogP) is 3.68. The molecule has 0 radical (unpaired) electrons. The normalized spacial score (nSPS) is 16.8. The molecule has 1 saturated heterocycles. The topological polar surface area (TPSA) is 74.2 Å². The Kier molecular flexibility index (Phi) is 5.16. The van der Waals surface area contributed by atoms with Gasteiger partial charge in [0.25, 0.3) is 0 Å². The lowest BCUT2D eigenvalue weighted by molar-refractivity contribution is 0.266. The van der Waals surface area contributed by atoms with Crippen molar-refractivity contribution in [1.82, 2.24) is 15.0 Å². The number of benzene rings is 1. The number of anilines is 3. The molecule has 0 aliphatic carbocycles. The highest BCUT2D eigenvalue weighted by atomic mass is 16.3. The molecule has 2 aromatic heterocycles. The van der Waals surface area contributed by atoms with Crippen LogP contribution in [0.1, 0.15) is 31.9 Å². The van der Waals surface area contributed by atoms with Gasteiger partial charge in [0.1, 0.15) is 5.82 Å². The van der Waals surface area contributed by atoms with Crippen LogP contribution in [0.5, 0.6) is 0 Å². The van der Waals surface area contributed by atoms with Crippen LogP contribution < -0.4 is 10.2 Å². The SMILES string of the molecule is CCCc1cc(N2CCC[C@H]2CO)nc(Nc2cnc3ccccc3c2)n1. The summed E-state index contributed by atoms with van der Waals surface area (Å²) < 4.78 is 0. The number of pyridine rings is 1. The second kappa shape index (κ2) is 7.88. The average Bonchev–Trinajstić information content (AvgIpc) is 3.17. The van der Waals surface area contributed by atoms with Gasteiger partial charge in [0.2, 0.25) is 5.95 Å². The first-order valence-corrected chi connectivity index (χ1v) is 9.64. The number of para-hydroxylation sites is 1. The molecule has 4 rings (SSSR count). The molecule has 1 aliphatic heterocycles. The molecule has 3 aromatic rings. The largest absolute Gasteiger partial charge is 0.394 e. The van der Waals surface area contributed by atoms with Crippen molar-refractivity contribution in [3.63, 3.8) is 0 Å². The van der Waals surface area contributed by atoms with Gasteiger partial charge in [-0.25, -0.2) is 4.98 Å². The summed E-state index contributed by atoms with van der Waals surface area (Å²) in [5, 5.41) is 14.1. The van der Waals surface area contributed by atoms with Gasteiger partial charge in [-0.05, 0) is 31.4 Å². The Morgan fingerprint density at radius 2 is 2.11 bits per heavy atom. The van der Waals surface area contributed by atoms with Crippen molar-refractivity contribution >= 4 is 28.4 Å². The van der Waals surface area contributed by atoms with E-state index in [0.717, 1.165) is 60.3 Å². The lowest BCUT2D eigenvalue weighted by Gasteiger charge is -2.25. The number of nitrogens with zero attached hydrogens (tertiary/aromatic N) is 4. The zero-order valence-corrected chi connectivity index (χ0v) is 15.6. The van der Waals surface area contributed by atoms with E-state index < -0.39 is 0 Å². The molecule has 1 atom stereocenters.